The lowest BCUT2D eigenvalue weighted by Crippen LogP contribution is -2.78. The van der Waals surface area contributed by atoms with Crippen molar-refractivity contribution in [2.45, 2.75) is 74.1 Å². The van der Waals surface area contributed by atoms with E-state index in [1.807, 2.05) is 30.1 Å². The quantitative estimate of drug-likeness (QED) is 0.691. The maximum absolute atomic E-state index is 13.4. The highest BCUT2D eigenvalue weighted by Crippen LogP contribution is 2.66. The molecule has 7 nitrogen and oxygen atoms in total. The molecular weight excluding hydrogens is 442 g/mol. The van der Waals surface area contributed by atoms with Crippen molar-refractivity contribution in [1.29, 1.82) is 0 Å². The fraction of sp³-hybridized carbons (Fsp3) is 0.571. The minimum atomic E-state index is -0.928. The Hall–Kier alpha value is -2.64. The van der Waals surface area contributed by atoms with Crippen LogP contribution in [-0.4, -0.2) is 74.8 Å². The zero-order chi connectivity index (χ0) is 23.9. The number of carbonyl (C=O) groups is 1. The molecule has 3 fully saturated rings. The zero-order valence-electron chi connectivity index (χ0n) is 20.2. The summed E-state index contributed by atoms with van der Waals surface area (Å²) in [7, 11) is 1.87. The minimum Gasteiger partial charge on any atom is -0.504 e. The first-order valence-electron chi connectivity index (χ1n) is 13.1. The number of nitrogens with zero attached hydrogens (tertiary/aromatic N) is 3. The Bertz CT molecular complexity index is 1180. The largest absolute Gasteiger partial charge is 0.504 e. The molecule has 1 aromatic heterocycles. The van der Waals surface area contributed by atoms with Gasteiger partial charge >= 0.3 is 0 Å². The molecule has 1 saturated heterocycles. The van der Waals surface area contributed by atoms with Crippen molar-refractivity contribution in [2.75, 3.05) is 20.1 Å². The number of ether oxygens (including phenoxy) is 1. The summed E-state index contributed by atoms with van der Waals surface area (Å²) in [5, 5.41) is 23.4. The molecule has 1 spiro atoms. The number of aromatic hydroxyl groups is 1. The van der Waals surface area contributed by atoms with Gasteiger partial charge in [-0.3, -0.25) is 14.7 Å². The number of carbonyl (C=O) groups excluding carboxylic acids is 1. The van der Waals surface area contributed by atoms with E-state index in [2.05, 4.69) is 9.88 Å². The van der Waals surface area contributed by atoms with Crippen molar-refractivity contribution in [2.24, 2.45) is 5.92 Å². The molecule has 5 aliphatic rings. The number of rotatable bonds is 5. The standard InChI is InChI=1S/C28H33N3O4/c1-30(23(33)14-17-7-11-29-12-8-17)20-6-9-28(34)22-15-19-4-5-21(32)25-24(19)27(28,26(20)35-25)10-13-31(22)16-18-2-3-18/h4-5,7-8,11-12,18,20,22,26,32,34H,2-3,6,9-10,13-16H2,1H3/t20-,22+,26-,27-,28+/m0/s1. The van der Waals surface area contributed by atoms with E-state index < -0.39 is 11.0 Å². The van der Waals surface area contributed by atoms with Crippen LogP contribution in [0.3, 0.4) is 0 Å². The molecule has 3 heterocycles. The van der Waals surface area contributed by atoms with Crippen LogP contribution in [0.5, 0.6) is 11.5 Å². The molecule has 184 valence electrons. The molecule has 2 bridgehead atoms. The van der Waals surface area contributed by atoms with Crippen molar-refractivity contribution in [1.82, 2.24) is 14.8 Å². The number of piperidine rings is 1. The molecule has 7 rings (SSSR count). The molecule has 1 amide bonds. The maximum atomic E-state index is 13.4. The summed E-state index contributed by atoms with van der Waals surface area (Å²) in [5.74, 6) is 1.46. The summed E-state index contributed by atoms with van der Waals surface area (Å²) >= 11 is 0. The number of amides is 1. The van der Waals surface area contributed by atoms with Gasteiger partial charge in [0.2, 0.25) is 5.91 Å². The second kappa shape index (κ2) is 7.43. The van der Waals surface area contributed by atoms with Crippen LogP contribution in [0, 0.1) is 5.92 Å². The molecule has 7 heteroatoms. The van der Waals surface area contributed by atoms with Gasteiger partial charge in [0.1, 0.15) is 6.10 Å². The van der Waals surface area contributed by atoms with Gasteiger partial charge in [-0.2, -0.15) is 0 Å². The van der Waals surface area contributed by atoms with Crippen LogP contribution in [0.4, 0.5) is 0 Å². The number of pyridine rings is 1. The van der Waals surface area contributed by atoms with E-state index in [0.29, 0.717) is 25.0 Å². The van der Waals surface area contributed by atoms with E-state index >= 15 is 0 Å². The summed E-state index contributed by atoms with van der Waals surface area (Å²) in [6.07, 6.45) is 8.81. The second-order valence-electron chi connectivity index (χ2n) is 11.4. The van der Waals surface area contributed by atoms with Crippen LogP contribution in [0.1, 0.15) is 48.8 Å². The number of phenols is 1. The number of aliphatic hydroxyl groups is 1. The van der Waals surface area contributed by atoms with Gasteiger partial charge in [0.25, 0.3) is 0 Å². The Balaban J connectivity index is 1.28. The predicted molar refractivity (Wildman–Crippen MR) is 129 cm³/mol. The first-order valence-corrected chi connectivity index (χ1v) is 13.1. The lowest BCUT2D eigenvalue weighted by Gasteiger charge is -2.64. The van der Waals surface area contributed by atoms with Crippen LogP contribution >= 0.6 is 0 Å². The van der Waals surface area contributed by atoms with Crippen LogP contribution in [-0.2, 0) is 23.1 Å². The Morgan fingerprint density at radius 2 is 2.00 bits per heavy atom. The van der Waals surface area contributed by atoms with Crippen LogP contribution < -0.4 is 4.74 Å². The molecule has 35 heavy (non-hydrogen) atoms. The SMILES string of the molecule is CN(C(=O)Cc1ccncc1)[C@H]1CC[C@@]2(O)[C@H]3Cc4ccc(O)c5c4[C@@]2(CCN3CC2CC2)[C@H]1O5. The van der Waals surface area contributed by atoms with Gasteiger partial charge in [-0.1, -0.05) is 6.07 Å². The molecule has 2 aromatic rings. The van der Waals surface area contributed by atoms with E-state index in [-0.39, 0.29) is 29.8 Å². The third-order valence-electron chi connectivity index (χ3n) is 9.73. The highest BCUT2D eigenvalue weighted by atomic mass is 16.5. The monoisotopic (exact) mass is 475 g/mol. The number of likely N-dealkylation sites (tertiary alicyclic amines) is 1. The molecule has 2 aliphatic heterocycles. The first kappa shape index (κ1) is 21.6. The Morgan fingerprint density at radius 1 is 1.20 bits per heavy atom. The molecule has 2 saturated carbocycles. The number of hydrogen-bond donors (Lipinski definition) is 2. The number of aromatic nitrogens is 1. The first-order chi connectivity index (χ1) is 16.9. The third-order valence-corrected chi connectivity index (χ3v) is 9.73. The normalized spacial score (nSPS) is 34.7. The van der Waals surface area contributed by atoms with Crippen molar-refractivity contribution >= 4 is 5.91 Å². The average Bonchev–Trinajstić information content (AvgIpc) is 3.60. The van der Waals surface area contributed by atoms with Crippen molar-refractivity contribution < 1.29 is 19.7 Å². The summed E-state index contributed by atoms with van der Waals surface area (Å²) in [5.41, 5.74) is 1.59. The lowest BCUT2D eigenvalue weighted by atomic mass is 9.48. The Morgan fingerprint density at radius 3 is 2.77 bits per heavy atom. The van der Waals surface area contributed by atoms with Crippen molar-refractivity contribution in [3.8, 4) is 11.5 Å². The molecule has 1 aromatic carbocycles. The summed E-state index contributed by atoms with van der Waals surface area (Å²) in [4.78, 5) is 21.8. The topological polar surface area (TPSA) is 86.1 Å². The van der Waals surface area contributed by atoms with Crippen molar-refractivity contribution in [3.05, 3.63) is 53.3 Å². The van der Waals surface area contributed by atoms with Crippen LogP contribution in [0.2, 0.25) is 0 Å². The number of hydrogen-bond acceptors (Lipinski definition) is 6. The van der Waals surface area contributed by atoms with E-state index in [9.17, 15) is 15.0 Å². The third kappa shape index (κ3) is 2.91. The fourth-order valence-corrected chi connectivity index (χ4v) is 7.84. The van der Waals surface area contributed by atoms with Gasteiger partial charge in [-0.15, -0.1) is 0 Å². The van der Waals surface area contributed by atoms with Crippen LogP contribution in [0.15, 0.2) is 36.7 Å². The highest BCUT2D eigenvalue weighted by molar-refractivity contribution is 5.79. The molecule has 0 unspecified atom stereocenters. The second-order valence-corrected chi connectivity index (χ2v) is 11.4. The maximum Gasteiger partial charge on any atom is 0.227 e. The molecule has 3 aliphatic carbocycles. The summed E-state index contributed by atoms with van der Waals surface area (Å²) in [6.45, 7) is 1.97. The smallest absolute Gasteiger partial charge is 0.227 e. The van der Waals surface area contributed by atoms with Gasteiger partial charge in [0.05, 0.1) is 23.5 Å². The van der Waals surface area contributed by atoms with Gasteiger partial charge in [0.15, 0.2) is 11.5 Å². The zero-order valence-corrected chi connectivity index (χ0v) is 20.2. The van der Waals surface area contributed by atoms with E-state index in [1.165, 1.54) is 18.4 Å². The lowest BCUT2D eigenvalue weighted by molar-refractivity contribution is -0.200. The predicted octanol–water partition coefficient (Wildman–Crippen LogP) is 2.42. The van der Waals surface area contributed by atoms with Crippen molar-refractivity contribution in [3.63, 3.8) is 0 Å². The molecule has 5 atom stereocenters. The van der Waals surface area contributed by atoms with Crippen LogP contribution in [0.25, 0.3) is 0 Å². The number of phenolic OH excluding ortho intramolecular Hbond substituents is 1. The molecule has 0 radical (unpaired) electrons. The van der Waals surface area contributed by atoms with Gasteiger partial charge in [-0.25, -0.2) is 0 Å². The fourth-order valence-electron chi connectivity index (χ4n) is 7.84. The highest BCUT2D eigenvalue weighted by Gasteiger charge is 2.73. The summed E-state index contributed by atoms with van der Waals surface area (Å²) < 4.78 is 6.60. The Kier molecular flexibility index (Phi) is 4.59. The van der Waals surface area contributed by atoms with E-state index in [1.54, 1.807) is 18.5 Å². The van der Waals surface area contributed by atoms with Gasteiger partial charge in [0, 0.05) is 37.6 Å². The Labute approximate surface area is 205 Å². The molecular formula is C28H33N3O4. The number of benzene rings is 1. The summed E-state index contributed by atoms with van der Waals surface area (Å²) in [6, 6.07) is 7.38. The van der Waals surface area contributed by atoms with E-state index in [0.717, 1.165) is 43.0 Å². The molecule has 2 N–H and O–H groups in total. The average molecular weight is 476 g/mol. The van der Waals surface area contributed by atoms with Gasteiger partial charge < -0.3 is 19.8 Å². The van der Waals surface area contributed by atoms with Gasteiger partial charge in [-0.05, 0) is 80.3 Å². The number of likely N-dealkylation sites (N-methyl/N-ethyl adjacent to an activating group) is 1. The van der Waals surface area contributed by atoms with E-state index in [4.69, 9.17) is 4.74 Å². The minimum absolute atomic E-state index is 0.0329.